The van der Waals surface area contributed by atoms with Crippen molar-refractivity contribution in [3.8, 4) is 5.69 Å². The number of rotatable bonds is 4. The number of imidazole rings is 1. The number of fused-ring (bicyclic) bond motifs is 1. The Morgan fingerprint density at radius 2 is 1.55 bits per heavy atom. The number of nitrogens with zero attached hydrogens (tertiary/aromatic N) is 4. The molecule has 0 amide bonds. The third-order valence-electron chi connectivity index (χ3n) is 5.53. The first-order valence-electron chi connectivity index (χ1n) is 9.88. The lowest BCUT2D eigenvalue weighted by Crippen LogP contribution is -2.39. The highest BCUT2D eigenvalue weighted by Crippen LogP contribution is 2.32. The number of aryl methyl sites for hydroxylation is 2. The van der Waals surface area contributed by atoms with Gasteiger partial charge in [0.05, 0.1) is 12.0 Å². The van der Waals surface area contributed by atoms with Gasteiger partial charge in [0.25, 0.3) is 5.56 Å². The second-order valence-electron chi connectivity index (χ2n) is 7.89. The van der Waals surface area contributed by atoms with Gasteiger partial charge in [-0.3, -0.25) is 9.36 Å². The van der Waals surface area contributed by atoms with Gasteiger partial charge in [-0.15, -0.1) is 0 Å². The summed E-state index contributed by atoms with van der Waals surface area (Å²) in [4.78, 5) is 31.0. The summed E-state index contributed by atoms with van der Waals surface area (Å²) >= 11 is 0. The molecule has 2 aromatic heterocycles. The molecule has 1 fully saturated rings. The first kappa shape index (κ1) is 17.7. The molecule has 0 radical (unpaired) electrons. The minimum Gasteiger partial charge on any atom is -0.320 e. The van der Waals surface area contributed by atoms with Crippen molar-refractivity contribution in [2.45, 2.75) is 39.3 Å². The van der Waals surface area contributed by atoms with Crippen LogP contribution in [0.5, 0.6) is 0 Å². The van der Waals surface area contributed by atoms with Crippen LogP contribution in [0.1, 0.15) is 35.6 Å². The third kappa shape index (κ3) is 3.01. The molecule has 6 heteroatoms. The zero-order chi connectivity index (χ0) is 20.1. The molecule has 0 spiro atoms. The maximum absolute atomic E-state index is 13.3. The molecule has 4 aromatic rings. The Kier molecular flexibility index (Phi) is 4.01. The van der Waals surface area contributed by atoms with Crippen LogP contribution in [-0.2, 0) is 6.54 Å². The van der Waals surface area contributed by atoms with Crippen LogP contribution in [-0.4, -0.2) is 18.7 Å². The summed E-state index contributed by atoms with van der Waals surface area (Å²) in [6, 6.07) is 15.9. The molecule has 146 valence electrons. The summed E-state index contributed by atoms with van der Waals surface area (Å²) in [5, 5.41) is 0. The van der Waals surface area contributed by atoms with Crippen LogP contribution < -0.4 is 11.2 Å². The predicted molar refractivity (Wildman–Crippen MR) is 113 cm³/mol. The second-order valence-corrected chi connectivity index (χ2v) is 7.89. The van der Waals surface area contributed by atoms with Crippen LogP contribution in [0.2, 0.25) is 0 Å². The van der Waals surface area contributed by atoms with Crippen LogP contribution in [0, 0.1) is 13.8 Å². The average Bonchev–Trinajstić information content (AvgIpc) is 3.45. The molecular formula is C23H22N4O2. The molecule has 0 aliphatic heterocycles. The molecule has 0 N–H and O–H groups in total. The van der Waals surface area contributed by atoms with E-state index in [0.717, 1.165) is 29.7 Å². The lowest BCUT2D eigenvalue weighted by molar-refractivity contribution is 0.639. The van der Waals surface area contributed by atoms with Crippen molar-refractivity contribution in [2.75, 3.05) is 0 Å². The van der Waals surface area contributed by atoms with Crippen molar-refractivity contribution in [3.63, 3.8) is 0 Å². The number of benzene rings is 2. The molecule has 0 atom stereocenters. The highest BCUT2D eigenvalue weighted by molar-refractivity contribution is 5.72. The fourth-order valence-corrected chi connectivity index (χ4v) is 3.74. The minimum atomic E-state index is -0.311. The summed E-state index contributed by atoms with van der Waals surface area (Å²) < 4.78 is 4.83. The summed E-state index contributed by atoms with van der Waals surface area (Å²) in [5.74, 6) is 0. The molecule has 1 aliphatic carbocycles. The zero-order valence-electron chi connectivity index (χ0n) is 16.5. The zero-order valence-corrected chi connectivity index (χ0v) is 16.5. The number of aromatic nitrogens is 4. The normalized spacial score (nSPS) is 13.9. The van der Waals surface area contributed by atoms with E-state index in [0.29, 0.717) is 17.7 Å². The maximum atomic E-state index is 13.3. The van der Waals surface area contributed by atoms with Gasteiger partial charge in [-0.2, -0.15) is 0 Å². The molecule has 0 unspecified atom stereocenters. The van der Waals surface area contributed by atoms with E-state index in [9.17, 15) is 9.59 Å². The number of hydrogen-bond donors (Lipinski definition) is 0. The summed E-state index contributed by atoms with van der Waals surface area (Å²) in [6.45, 7) is 4.58. The fourth-order valence-electron chi connectivity index (χ4n) is 3.74. The molecular weight excluding hydrogens is 364 g/mol. The van der Waals surface area contributed by atoms with Crippen molar-refractivity contribution < 1.29 is 0 Å². The minimum absolute atomic E-state index is 0.0150. The van der Waals surface area contributed by atoms with E-state index in [2.05, 4.69) is 29.2 Å². The number of hydrogen-bond acceptors (Lipinski definition) is 3. The van der Waals surface area contributed by atoms with Gasteiger partial charge in [-0.05, 0) is 44.4 Å². The fraction of sp³-hybridized carbons (Fsp3) is 0.261. The van der Waals surface area contributed by atoms with Crippen molar-refractivity contribution in [1.29, 1.82) is 0 Å². The quantitative estimate of drug-likeness (QED) is 0.540. The highest BCUT2D eigenvalue weighted by Gasteiger charge is 2.30. The van der Waals surface area contributed by atoms with Crippen LogP contribution in [0.4, 0.5) is 0 Å². The van der Waals surface area contributed by atoms with Crippen molar-refractivity contribution in [1.82, 2.24) is 18.7 Å². The molecule has 0 saturated heterocycles. The van der Waals surface area contributed by atoms with Gasteiger partial charge in [0, 0.05) is 12.6 Å². The van der Waals surface area contributed by atoms with E-state index in [1.54, 1.807) is 10.9 Å². The van der Waals surface area contributed by atoms with E-state index in [1.807, 2.05) is 42.7 Å². The molecule has 0 bridgehead atoms. The summed E-state index contributed by atoms with van der Waals surface area (Å²) in [6.07, 6.45) is 3.38. The van der Waals surface area contributed by atoms with Crippen LogP contribution >= 0.6 is 0 Å². The molecule has 29 heavy (non-hydrogen) atoms. The first-order valence-corrected chi connectivity index (χ1v) is 9.88. The molecule has 2 aromatic carbocycles. The van der Waals surface area contributed by atoms with Crippen LogP contribution in [0.25, 0.3) is 16.9 Å². The first-order chi connectivity index (χ1) is 14.0. The lowest BCUT2D eigenvalue weighted by atomic mass is 10.1. The van der Waals surface area contributed by atoms with E-state index in [-0.39, 0.29) is 17.3 Å². The Balaban J connectivity index is 1.76. The molecule has 5 rings (SSSR count). The Labute approximate surface area is 167 Å². The monoisotopic (exact) mass is 386 g/mol. The van der Waals surface area contributed by atoms with Gasteiger partial charge in [0.1, 0.15) is 0 Å². The van der Waals surface area contributed by atoms with E-state index in [4.69, 9.17) is 0 Å². The van der Waals surface area contributed by atoms with Gasteiger partial charge in [-0.1, -0.05) is 47.5 Å². The smallest absolute Gasteiger partial charge is 0.320 e. The van der Waals surface area contributed by atoms with Crippen molar-refractivity contribution in [2.24, 2.45) is 0 Å². The van der Waals surface area contributed by atoms with Crippen molar-refractivity contribution >= 4 is 11.2 Å². The summed E-state index contributed by atoms with van der Waals surface area (Å²) in [5.41, 5.74) is 4.42. The van der Waals surface area contributed by atoms with E-state index >= 15 is 0 Å². The highest BCUT2D eigenvalue weighted by atomic mass is 16.2. The van der Waals surface area contributed by atoms with E-state index in [1.165, 1.54) is 10.1 Å². The van der Waals surface area contributed by atoms with Gasteiger partial charge in [-0.25, -0.2) is 14.3 Å². The van der Waals surface area contributed by atoms with Gasteiger partial charge < -0.3 is 4.57 Å². The van der Waals surface area contributed by atoms with Gasteiger partial charge >= 0.3 is 5.69 Å². The van der Waals surface area contributed by atoms with Gasteiger partial charge in [0.2, 0.25) is 0 Å². The Morgan fingerprint density at radius 3 is 2.17 bits per heavy atom. The summed E-state index contributed by atoms with van der Waals surface area (Å²) in [7, 11) is 0. The SMILES string of the molecule is Cc1ccc(Cn2cnc3c2c(=O)n(C2CC2)c(=O)n3-c2ccc(C)cc2)cc1. The lowest BCUT2D eigenvalue weighted by Gasteiger charge is -2.12. The predicted octanol–water partition coefficient (Wildman–Crippen LogP) is 3.35. The molecule has 1 saturated carbocycles. The molecule has 1 aliphatic rings. The van der Waals surface area contributed by atoms with Gasteiger partial charge in [0.15, 0.2) is 11.2 Å². The maximum Gasteiger partial charge on any atom is 0.337 e. The second kappa shape index (κ2) is 6.58. The topological polar surface area (TPSA) is 61.8 Å². The standard InChI is InChI=1S/C23H22N4O2/c1-15-3-7-17(8-4-15)13-25-14-24-21-20(25)22(28)27(19-11-12-19)23(29)26(21)18-9-5-16(2)6-10-18/h3-10,14,19H,11-13H2,1-2H3. The molecule has 2 heterocycles. The van der Waals surface area contributed by atoms with E-state index < -0.39 is 0 Å². The molecule has 6 nitrogen and oxygen atoms in total. The largest absolute Gasteiger partial charge is 0.337 e. The van der Waals surface area contributed by atoms with Crippen molar-refractivity contribution in [3.05, 3.63) is 92.4 Å². The van der Waals surface area contributed by atoms with Crippen LogP contribution in [0.15, 0.2) is 64.4 Å². The Bertz CT molecular complexity index is 1320. The Morgan fingerprint density at radius 1 is 0.931 bits per heavy atom. The average molecular weight is 386 g/mol. The third-order valence-corrected chi connectivity index (χ3v) is 5.53. The Hall–Kier alpha value is -3.41. The van der Waals surface area contributed by atoms with Crippen LogP contribution in [0.3, 0.4) is 0 Å².